The highest BCUT2D eigenvalue weighted by atomic mass is 35.5. The van der Waals surface area contributed by atoms with Gasteiger partial charge >= 0.3 is 0 Å². The van der Waals surface area contributed by atoms with E-state index in [9.17, 15) is 13.2 Å². The summed E-state index contributed by atoms with van der Waals surface area (Å²) in [5.74, 6) is -0.167. The highest BCUT2D eigenvalue weighted by molar-refractivity contribution is 7.91. The minimum Gasteiger partial charge on any atom is -0.356 e. The minimum atomic E-state index is -3.44. The Labute approximate surface area is 137 Å². The van der Waals surface area contributed by atoms with Crippen LogP contribution in [0.5, 0.6) is 0 Å². The molecule has 0 aliphatic carbocycles. The first kappa shape index (κ1) is 15.5. The second kappa shape index (κ2) is 6.04. The molecule has 2 aromatic rings. The van der Waals surface area contributed by atoms with Crippen LogP contribution in [0.15, 0.2) is 34.0 Å². The largest absolute Gasteiger partial charge is 0.356 e. The predicted molar refractivity (Wildman–Crippen MR) is 84.8 cm³/mol. The van der Waals surface area contributed by atoms with Crippen LogP contribution >= 0.6 is 22.9 Å². The molecule has 22 heavy (non-hydrogen) atoms. The average molecular weight is 360 g/mol. The molecule has 0 unspecified atom stereocenters. The van der Waals surface area contributed by atoms with E-state index < -0.39 is 10.0 Å². The van der Waals surface area contributed by atoms with Gasteiger partial charge in [0.25, 0.3) is 15.9 Å². The van der Waals surface area contributed by atoms with Crippen molar-refractivity contribution in [2.75, 3.05) is 26.2 Å². The normalized spacial score (nSPS) is 16.9. The molecule has 0 bridgehead atoms. The molecule has 9 heteroatoms. The first-order valence-electron chi connectivity index (χ1n) is 6.65. The highest BCUT2D eigenvalue weighted by Crippen LogP contribution is 2.22. The average Bonchev–Trinajstić information content (AvgIpc) is 3.18. The van der Waals surface area contributed by atoms with Gasteiger partial charge in [-0.2, -0.15) is 4.31 Å². The van der Waals surface area contributed by atoms with E-state index in [1.165, 1.54) is 15.6 Å². The molecule has 0 saturated carbocycles. The molecule has 1 amide bonds. The van der Waals surface area contributed by atoms with Gasteiger partial charge in [-0.3, -0.25) is 4.79 Å². The number of hydrogen-bond acceptors (Lipinski definition) is 4. The third-order valence-electron chi connectivity index (χ3n) is 3.49. The van der Waals surface area contributed by atoms with Crippen LogP contribution in [-0.2, 0) is 10.0 Å². The van der Waals surface area contributed by atoms with Crippen LogP contribution in [-0.4, -0.2) is 54.7 Å². The first-order chi connectivity index (χ1) is 10.5. The number of halogens is 1. The van der Waals surface area contributed by atoms with E-state index in [4.69, 9.17) is 11.6 Å². The number of aromatic nitrogens is 1. The third-order valence-corrected chi connectivity index (χ3v) is 6.98. The van der Waals surface area contributed by atoms with Gasteiger partial charge in [0.1, 0.15) is 9.90 Å². The zero-order valence-electron chi connectivity index (χ0n) is 11.5. The summed E-state index contributed by atoms with van der Waals surface area (Å²) in [5.41, 5.74) is 0.416. The Morgan fingerprint density at radius 3 is 2.55 bits per heavy atom. The van der Waals surface area contributed by atoms with Gasteiger partial charge < -0.3 is 9.88 Å². The number of sulfonamides is 1. The number of amides is 1. The highest BCUT2D eigenvalue weighted by Gasteiger charge is 2.31. The van der Waals surface area contributed by atoms with Crippen molar-refractivity contribution >= 4 is 38.9 Å². The van der Waals surface area contributed by atoms with Crippen molar-refractivity contribution in [3.8, 4) is 0 Å². The Balaban J connectivity index is 1.67. The summed E-state index contributed by atoms with van der Waals surface area (Å²) in [6.45, 7) is 1.31. The molecule has 1 fully saturated rings. The molecule has 1 N–H and O–H groups in total. The monoisotopic (exact) mass is 359 g/mol. The van der Waals surface area contributed by atoms with Crippen LogP contribution in [0, 0.1) is 0 Å². The predicted octanol–water partition coefficient (Wildman–Crippen LogP) is 1.88. The first-order valence-corrected chi connectivity index (χ1v) is 9.35. The number of aromatic amines is 1. The molecule has 1 aliphatic heterocycles. The van der Waals surface area contributed by atoms with E-state index in [1.54, 1.807) is 34.7 Å². The summed E-state index contributed by atoms with van der Waals surface area (Å²) in [6, 6.07) is 4.88. The topological polar surface area (TPSA) is 73.5 Å². The summed E-state index contributed by atoms with van der Waals surface area (Å²) in [5, 5.41) is 2.21. The molecule has 2 aromatic heterocycles. The lowest BCUT2D eigenvalue weighted by atomic mass is 10.3. The quantitative estimate of drug-likeness (QED) is 0.909. The van der Waals surface area contributed by atoms with Crippen LogP contribution in [0.1, 0.15) is 10.5 Å². The molecule has 0 atom stereocenters. The maximum atomic E-state index is 12.4. The van der Waals surface area contributed by atoms with Gasteiger partial charge in [0, 0.05) is 32.4 Å². The number of thiophene rings is 1. The minimum absolute atomic E-state index is 0.167. The Hall–Kier alpha value is -1.35. The fourth-order valence-corrected chi connectivity index (χ4v) is 5.06. The summed E-state index contributed by atoms with van der Waals surface area (Å²) in [7, 11) is -3.44. The summed E-state index contributed by atoms with van der Waals surface area (Å²) >= 11 is 7.00. The molecule has 118 valence electrons. The summed E-state index contributed by atoms with van der Waals surface area (Å²) in [4.78, 5) is 16.7. The molecule has 6 nitrogen and oxygen atoms in total. The lowest BCUT2D eigenvalue weighted by molar-refractivity contribution is 0.0693. The zero-order chi connectivity index (χ0) is 15.7. The van der Waals surface area contributed by atoms with Gasteiger partial charge in [0.2, 0.25) is 0 Å². The number of carbonyl (C=O) groups is 1. The van der Waals surface area contributed by atoms with Crippen molar-refractivity contribution in [1.82, 2.24) is 14.2 Å². The molecule has 3 heterocycles. The van der Waals surface area contributed by atoms with Gasteiger partial charge in [-0.05, 0) is 17.5 Å². The number of nitrogens with zero attached hydrogens (tertiary/aromatic N) is 2. The van der Waals surface area contributed by atoms with E-state index >= 15 is 0 Å². The lowest BCUT2D eigenvalue weighted by Gasteiger charge is -2.33. The second-order valence-electron chi connectivity index (χ2n) is 4.86. The van der Waals surface area contributed by atoms with Crippen molar-refractivity contribution in [3.05, 3.63) is 40.5 Å². The molecule has 1 saturated heterocycles. The Morgan fingerprint density at radius 1 is 1.27 bits per heavy atom. The third kappa shape index (κ3) is 2.91. The van der Waals surface area contributed by atoms with Gasteiger partial charge in [-0.25, -0.2) is 8.42 Å². The smallest absolute Gasteiger partial charge is 0.270 e. The number of H-pyrrole nitrogens is 1. The molecule has 0 spiro atoms. The lowest BCUT2D eigenvalue weighted by Crippen LogP contribution is -2.50. The standard InChI is InChI=1S/C13H14ClN3O3S2/c14-10-8-11(15-9-10)13(18)16-3-5-17(6-4-16)22(19,20)12-2-1-7-21-12/h1-2,7-9,15H,3-6H2. The van der Waals surface area contributed by atoms with Crippen molar-refractivity contribution < 1.29 is 13.2 Å². The second-order valence-corrected chi connectivity index (χ2v) is 8.41. The molecule has 1 aliphatic rings. The van der Waals surface area contributed by atoms with Gasteiger partial charge in [0.15, 0.2) is 0 Å². The zero-order valence-corrected chi connectivity index (χ0v) is 13.9. The Kier molecular flexibility index (Phi) is 4.26. The van der Waals surface area contributed by atoms with Crippen molar-refractivity contribution in [2.45, 2.75) is 4.21 Å². The van der Waals surface area contributed by atoms with Crippen molar-refractivity contribution in [2.24, 2.45) is 0 Å². The number of hydrogen-bond donors (Lipinski definition) is 1. The number of rotatable bonds is 3. The number of carbonyl (C=O) groups excluding carboxylic acids is 1. The Morgan fingerprint density at radius 2 is 2.00 bits per heavy atom. The van der Waals surface area contributed by atoms with Crippen LogP contribution in [0.3, 0.4) is 0 Å². The Bertz CT molecular complexity index is 762. The molecule has 0 radical (unpaired) electrons. The van der Waals surface area contributed by atoms with Crippen molar-refractivity contribution in [3.63, 3.8) is 0 Å². The summed E-state index contributed by atoms with van der Waals surface area (Å²) < 4.78 is 26.6. The summed E-state index contributed by atoms with van der Waals surface area (Å²) in [6.07, 6.45) is 1.55. The molecule has 0 aromatic carbocycles. The maximum Gasteiger partial charge on any atom is 0.270 e. The SMILES string of the molecule is O=C(c1cc(Cl)c[nH]1)N1CCN(S(=O)(=O)c2cccs2)CC1. The van der Waals surface area contributed by atoms with E-state index in [0.717, 1.165) is 0 Å². The maximum absolute atomic E-state index is 12.4. The van der Waals surface area contributed by atoms with Gasteiger partial charge in [-0.1, -0.05) is 17.7 Å². The fourth-order valence-electron chi connectivity index (χ4n) is 2.33. The van der Waals surface area contributed by atoms with Crippen molar-refractivity contribution in [1.29, 1.82) is 0 Å². The van der Waals surface area contributed by atoms with Crippen LogP contribution < -0.4 is 0 Å². The number of nitrogens with one attached hydrogen (secondary N) is 1. The number of piperazine rings is 1. The van der Waals surface area contributed by atoms with E-state index in [1.807, 2.05) is 0 Å². The molecule has 3 rings (SSSR count). The molecular formula is C13H14ClN3O3S2. The van der Waals surface area contributed by atoms with Crippen LogP contribution in [0.4, 0.5) is 0 Å². The van der Waals surface area contributed by atoms with Gasteiger partial charge in [0.05, 0.1) is 5.02 Å². The van der Waals surface area contributed by atoms with Crippen LogP contribution in [0.25, 0.3) is 0 Å². The molecular weight excluding hydrogens is 346 g/mol. The van der Waals surface area contributed by atoms with Gasteiger partial charge in [-0.15, -0.1) is 11.3 Å². The van der Waals surface area contributed by atoms with E-state index in [0.29, 0.717) is 41.1 Å². The fraction of sp³-hybridized carbons (Fsp3) is 0.308. The van der Waals surface area contributed by atoms with Crippen LogP contribution in [0.2, 0.25) is 5.02 Å². The van der Waals surface area contributed by atoms with E-state index in [-0.39, 0.29) is 5.91 Å². The van der Waals surface area contributed by atoms with E-state index in [2.05, 4.69) is 4.98 Å².